The van der Waals surface area contributed by atoms with E-state index < -0.39 is 18.0 Å². The second-order valence-electron chi connectivity index (χ2n) is 7.77. The van der Waals surface area contributed by atoms with Gasteiger partial charge in [-0.3, -0.25) is 0 Å². The summed E-state index contributed by atoms with van der Waals surface area (Å²) < 4.78 is 14.6. The molecule has 0 aromatic heterocycles. The monoisotopic (exact) mass is 453 g/mol. The van der Waals surface area contributed by atoms with Crippen molar-refractivity contribution in [1.29, 1.82) is 0 Å². The minimum Gasteiger partial charge on any atom is -0.450 e. The molecule has 0 aliphatic heterocycles. The highest BCUT2D eigenvalue weighted by Gasteiger charge is 2.23. The van der Waals surface area contributed by atoms with Crippen molar-refractivity contribution < 1.29 is 28.6 Å². The van der Waals surface area contributed by atoms with E-state index in [1.54, 1.807) is 45.0 Å². The smallest absolute Gasteiger partial charge is 0.404 e. The van der Waals surface area contributed by atoms with Crippen molar-refractivity contribution in [3.8, 4) is 11.5 Å². The molecular weight excluding hydrogens is 422 g/mol. The average molecular weight is 454 g/mol. The molecule has 2 aromatic carbocycles. The number of hydrogen-bond acceptors (Lipinski definition) is 6. The summed E-state index contributed by atoms with van der Waals surface area (Å²) in [5.74, 6) is 0.0676. The van der Waals surface area contributed by atoms with Gasteiger partial charge in [0.1, 0.15) is 11.5 Å². The fraction of sp³-hybridized carbons (Fsp3) is 0.269. The molecule has 0 heterocycles. The predicted octanol–water partition coefficient (Wildman–Crippen LogP) is 5.08. The van der Waals surface area contributed by atoms with Crippen molar-refractivity contribution in [1.82, 2.24) is 0 Å². The number of rotatable bonds is 7. The Hall–Kier alpha value is -3.87. The molecule has 33 heavy (non-hydrogen) atoms. The van der Waals surface area contributed by atoms with Crippen LogP contribution in [-0.2, 0) is 19.7 Å². The molecule has 0 fully saturated rings. The van der Waals surface area contributed by atoms with Crippen molar-refractivity contribution in [3.05, 3.63) is 84.0 Å². The first-order valence-electron chi connectivity index (χ1n) is 10.3. The van der Waals surface area contributed by atoms with E-state index in [1.807, 2.05) is 24.3 Å². The number of ether oxygens (including phenoxy) is 3. The molecule has 0 saturated carbocycles. The van der Waals surface area contributed by atoms with Crippen LogP contribution < -0.4 is 15.2 Å². The molecule has 7 nitrogen and oxygen atoms in total. The van der Waals surface area contributed by atoms with Gasteiger partial charge in [-0.15, -0.1) is 0 Å². The van der Waals surface area contributed by atoms with Gasteiger partial charge in [0.15, 0.2) is 0 Å². The first-order valence-corrected chi connectivity index (χ1v) is 10.3. The van der Waals surface area contributed by atoms with Crippen LogP contribution in [0.4, 0.5) is 4.79 Å². The van der Waals surface area contributed by atoms with Gasteiger partial charge < -0.3 is 19.9 Å². The zero-order valence-electron chi connectivity index (χ0n) is 19.8. The zero-order chi connectivity index (χ0) is 25.2. The van der Waals surface area contributed by atoms with Crippen molar-refractivity contribution >= 4 is 18.0 Å². The molecule has 0 aliphatic rings. The fourth-order valence-corrected chi connectivity index (χ4v) is 2.58. The summed E-state index contributed by atoms with van der Waals surface area (Å²) in [7, 11) is 0. The lowest BCUT2D eigenvalue weighted by atomic mass is 9.78. The lowest BCUT2D eigenvalue weighted by molar-refractivity contribution is -0.130. The molecule has 0 atom stereocenters. The largest absolute Gasteiger partial charge is 0.450 e. The van der Waals surface area contributed by atoms with Crippen LogP contribution in [0.15, 0.2) is 72.8 Å². The standard InChI is InChI=1S/C23H24O4.C3H7NO2/c1-15(2)21(24)26-19-11-7-17(8-12-19)23(5,6)18-9-13-20(14-10-18)27-22(25)16(3)4;1-2-6-3(4)5/h7-14H,1,3H2,2,4-6H3;2H2,1H3,(H2,4,5). The molecule has 1 amide bonds. The van der Waals surface area contributed by atoms with E-state index in [1.165, 1.54) is 0 Å². The van der Waals surface area contributed by atoms with Crippen LogP contribution in [0.25, 0.3) is 0 Å². The van der Waals surface area contributed by atoms with Gasteiger partial charge in [0.25, 0.3) is 0 Å². The third-order valence-corrected chi connectivity index (χ3v) is 4.56. The third-order valence-electron chi connectivity index (χ3n) is 4.56. The quantitative estimate of drug-likeness (QED) is 0.356. The van der Waals surface area contributed by atoms with E-state index in [2.05, 4.69) is 37.5 Å². The van der Waals surface area contributed by atoms with Crippen LogP contribution in [0.1, 0.15) is 45.7 Å². The molecule has 0 unspecified atom stereocenters. The van der Waals surface area contributed by atoms with Crippen LogP contribution in [0, 0.1) is 0 Å². The highest BCUT2D eigenvalue weighted by atomic mass is 16.5. The van der Waals surface area contributed by atoms with E-state index in [0.29, 0.717) is 29.3 Å². The number of nitrogens with two attached hydrogens (primary N) is 1. The maximum Gasteiger partial charge on any atom is 0.404 e. The SMILES string of the molecule is C=C(C)C(=O)Oc1ccc(C(C)(C)c2ccc(OC(=O)C(=C)C)cc2)cc1.CCOC(N)=O. The summed E-state index contributed by atoms with van der Waals surface area (Å²) in [5.41, 5.74) is 7.08. The third kappa shape index (κ3) is 8.65. The van der Waals surface area contributed by atoms with E-state index >= 15 is 0 Å². The van der Waals surface area contributed by atoms with Gasteiger partial charge in [-0.2, -0.15) is 0 Å². The summed E-state index contributed by atoms with van der Waals surface area (Å²) in [6.07, 6.45) is -0.711. The zero-order valence-corrected chi connectivity index (χ0v) is 19.8. The Kier molecular flexibility index (Phi) is 10.1. The van der Waals surface area contributed by atoms with Crippen LogP contribution in [0.3, 0.4) is 0 Å². The maximum absolute atomic E-state index is 11.6. The molecule has 0 spiro atoms. The van der Waals surface area contributed by atoms with E-state index in [-0.39, 0.29) is 5.41 Å². The Balaban J connectivity index is 0.000000801. The van der Waals surface area contributed by atoms with Crippen LogP contribution >= 0.6 is 0 Å². The summed E-state index contributed by atoms with van der Waals surface area (Å²) in [6, 6.07) is 14.8. The summed E-state index contributed by atoms with van der Waals surface area (Å²) >= 11 is 0. The summed E-state index contributed by atoms with van der Waals surface area (Å²) in [5, 5.41) is 0. The van der Waals surface area contributed by atoms with E-state index in [9.17, 15) is 14.4 Å². The van der Waals surface area contributed by atoms with Gasteiger partial charge in [0, 0.05) is 16.6 Å². The Labute approximate surface area is 194 Å². The molecule has 176 valence electrons. The number of benzene rings is 2. The average Bonchev–Trinajstić information content (AvgIpc) is 2.74. The van der Waals surface area contributed by atoms with E-state index in [4.69, 9.17) is 9.47 Å². The first kappa shape index (κ1) is 27.2. The summed E-state index contributed by atoms with van der Waals surface area (Å²) in [6.45, 7) is 16.6. The van der Waals surface area contributed by atoms with Crippen LogP contribution in [0.2, 0.25) is 0 Å². The highest BCUT2D eigenvalue weighted by Crippen LogP contribution is 2.33. The van der Waals surface area contributed by atoms with E-state index in [0.717, 1.165) is 11.1 Å². The topological polar surface area (TPSA) is 105 Å². The van der Waals surface area contributed by atoms with Crippen molar-refractivity contribution in [2.75, 3.05) is 6.61 Å². The Morgan fingerprint density at radius 3 is 1.33 bits per heavy atom. The van der Waals surface area contributed by atoms with Crippen LogP contribution in [0.5, 0.6) is 11.5 Å². The van der Waals surface area contributed by atoms with Crippen molar-refractivity contribution in [2.45, 2.75) is 40.0 Å². The molecule has 0 aliphatic carbocycles. The van der Waals surface area contributed by atoms with Gasteiger partial charge in [0.2, 0.25) is 0 Å². The number of carbonyl (C=O) groups is 3. The number of amides is 1. The molecule has 7 heteroatoms. The Bertz CT molecular complexity index is 931. The van der Waals surface area contributed by atoms with Gasteiger partial charge in [-0.05, 0) is 56.2 Å². The number of esters is 2. The van der Waals surface area contributed by atoms with Crippen LogP contribution in [-0.4, -0.2) is 24.6 Å². The number of carbonyl (C=O) groups excluding carboxylic acids is 3. The lowest BCUT2D eigenvalue weighted by Crippen LogP contribution is -2.19. The normalized spacial score (nSPS) is 10.2. The minimum absolute atomic E-state index is 0.284. The van der Waals surface area contributed by atoms with Gasteiger partial charge in [-0.25, -0.2) is 14.4 Å². The molecule has 0 radical (unpaired) electrons. The van der Waals surface area contributed by atoms with Crippen molar-refractivity contribution in [3.63, 3.8) is 0 Å². The first-order chi connectivity index (χ1) is 15.4. The number of hydrogen-bond donors (Lipinski definition) is 1. The second kappa shape index (κ2) is 12.2. The van der Waals surface area contributed by atoms with Gasteiger partial charge >= 0.3 is 18.0 Å². The van der Waals surface area contributed by atoms with Crippen molar-refractivity contribution in [2.24, 2.45) is 5.73 Å². The maximum atomic E-state index is 11.6. The second-order valence-corrected chi connectivity index (χ2v) is 7.77. The van der Waals surface area contributed by atoms with Gasteiger partial charge in [0.05, 0.1) is 6.61 Å². The molecule has 2 rings (SSSR count). The molecule has 0 bridgehead atoms. The fourth-order valence-electron chi connectivity index (χ4n) is 2.58. The minimum atomic E-state index is -0.711. The summed E-state index contributed by atoms with van der Waals surface area (Å²) in [4.78, 5) is 32.8. The lowest BCUT2D eigenvalue weighted by Gasteiger charge is -2.26. The highest BCUT2D eigenvalue weighted by molar-refractivity contribution is 5.89. The Morgan fingerprint density at radius 2 is 1.12 bits per heavy atom. The number of primary amides is 1. The Morgan fingerprint density at radius 1 is 0.788 bits per heavy atom. The molecular formula is C26H31NO6. The predicted molar refractivity (Wildman–Crippen MR) is 127 cm³/mol. The van der Waals surface area contributed by atoms with Gasteiger partial charge in [-0.1, -0.05) is 51.3 Å². The molecule has 2 N–H and O–H groups in total. The molecule has 0 saturated heterocycles. The molecule has 2 aromatic rings.